The third-order valence-corrected chi connectivity index (χ3v) is 2.36. The van der Waals surface area contributed by atoms with Crippen LogP contribution in [0.2, 0.25) is 0 Å². The summed E-state index contributed by atoms with van der Waals surface area (Å²) in [5.41, 5.74) is 1.05. The summed E-state index contributed by atoms with van der Waals surface area (Å²) in [4.78, 5) is 11.3. The van der Waals surface area contributed by atoms with Gasteiger partial charge in [-0.15, -0.1) is 0 Å². The summed E-state index contributed by atoms with van der Waals surface area (Å²) in [5.74, 6) is 0.319. The van der Waals surface area contributed by atoms with Gasteiger partial charge in [-0.2, -0.15) is 0 Å². The lowest BCUT2D eigenvalue weighted by Crippen LogP contribution is -2.20. The predicted octanol–water partition coefficient (Wildman–Crippen LogP) is 2.05. The van der Waals surface area contributed by atoms with Crippen LogP contribution in [0.15, 0.2) is 12.2 Å². The Morgan fingerprint density at radius 2 is 2.23 bits per heavy atom. The van der Waals surface area contributed by atoms with E-state index < -0.39 is 0 Å². The summed E-state index contributed by atoms with van der Waals surface area (Å²) in [6, 6.07) is 0.710. The van der Waals surface area contributed by atoms with E-state index in [1.807, 2.05) is 6.92 Å². The molecular weight excluding hydrogens is 162 g/mol. The summed E-state index contributed by atoms with van der Waals surface area (Å²) in [6.07, 6.45) is 4.73. The van der Waals surface area contributed by atoms with Gasteiger partial charge in [0.2, 0.25) is 0 Å². The molecule has 1 saturated carbocycles. The molecule has 0 aliphatic heterocycles. The Balaban J connectivity index is 1.99. The molecule has 0 amide bonds. The number of carbonyl (C=O) groups is 1. The molecule has 0 aromatic heterocycles. The molecule has 1 N–H and O–H groups in total. The molecule has 2 nitrogen and oxygen atoms in total. The molecule has 1 aliphatic rings. The highest BCUT2D eigenvalue weighted by molar-refractivity contribution is 5.80. The topological polar surface area (TPSA) is 29.1 Å². The van der Waals surface area contributed by atoms with Crippen LogP contribution in [0, 0.1) is 0 Å². The van der Waals surface area contributed by atoms with Gasteiger partial charge >= 0.3 is 0 Å². The van der Waals surface area contributed by atoms with Crippen molar-refractivity contribution >= 4 is 5.78 Å². The molecule has 13 heavy (non-hydrogen) atoms. The average Bonchev–Trinajstić information content (AvgIpc) is 2.88. The molecule has 0 atom stereocenters. The standard InChI is InChI=1S/C11H19NO/c1-3-9(2)8-11(13)6-7-12-10-4-5-10/h10,12H,2-8H2,1H3. The maximum atomic E-state index is 11.3. The van der Waals surface area contributed by atoms with Crippen LogP contribution < -0.4 is 5.32 Å². The molecule has 1 rings (SSSR count). The van der Waals surface area contributed by atoms with E-state index in [2.05, 4.69) is 11.9 Å². The van der Waals surface area contributed by atoms with Crippen LogP contribution in [0.25, 0.3) is 0 Å². The SMILES string of the molecule is C=C(CC)CC(=O)CCNC1CC1. The molecule has 2 heteroatoms. The Morgan fingerprint density at radius 1 is 1.54 bits per heavy atom. The van der Waals surface area contributed by atoms with Crippen molar-refractivity contribution in [2.75, 3.05) is 6.54 Å². The summed E-state index contributed by atoms with van der Waals surface area (Å²) in [6.45, 7) is 6.71. The molecular formula is C11H19NO. The molecule has 0 aromatic rings. The second kappa shape index (κ2) is 5.18. The van der Waals surface area contributed by atoms with Crippen LogP contribution in [0.5, 0.6) is 0 Å². The van der Waals surface area contributed by atoms with Gasteiger partial charge in [-0.3, -0.25) is 4.79 Å². The zero-order valence-corrected chi connectivity index (χ0v) is 8.44. The molecule has 0 heterocycles. The Kier molecular flexibility index (Phi) is 4.16. The smallest absolute Gasteiger partial charge is 0.138 e. The van der Waals surface area contributed by atoms with Crippen LogP contribution >= 0.6 is 0 Å². The third kappa shape index (κ3) is 4.83. The summed E-state index contributed by atoms with van der Waals surface area (Å²) >= 11 is 0. The molecule has 0 spiro atoms. The van der Waals surface area contributed by atoms with Gasteiger partial charge in [-0.05, 0) is 19.3 Å². The van der Waals surface area contributed by atoms with Crippen LogP contribution in [0.4, 0.5) is 0 Å². The van der Waals surface area contributed by atoms with E-state index in [4.69, 9.17) is 0 Å². The summed E-state index contributed by atoms with van der Waals surface area (Å²) in [7, 11) is 0. The van der Waals surface area contributed by atoms with Gasteiger partial charge in [0.05, 0.1) is 0 Å². The number of ketones is 1. The lowest BCUT2D eigenvalue weighted by Gasteiger charge is -2.03. The Morgan fingerprint density at radius 3 is 2.77 bits per heavy atom. The van der Waals surface area contributed by atoms with Gasteiger partial charge in [0.15, 0.2) is 0 Å². The van der Waals surface area contributed by atoms with Gasteiger partial charge < -0.3 is 5.32 Å². The van der Waals surface area contributed by atoms with E-state index in [0.717, 1.165) is 18.5 Å². The van der Waals surface area contributed by atoms with Gasteiger partial charge in [0.1, 0.15) is 5.78 Å². The average molecular weight is 181 g/mol. The van der Waals surface area contributed by atoms with E-state index in [9.17, 15) is 4.79 Å². The highest BCUT2D eigenvalue weighted by Crippen LogP contribution is 2.18. The number of Topliss-reactive ketones (excluding diaryl/α,β-unsaturated/α-hetero) is 1. The normalized spacial score (nSPS) is 15.8. The first-order chi connectivity index (χ1) is 6.22. The van der Waals surface area contributed by atoms with Crippen LogP contribution in [-0.2, 0) is 4.79 Å². The zero-order chi connectivity index (χ0) is 9.68. The number of carbonyl (C=O) groups excluding carboxylic acids is 1. The van der Waals surface area contributed by atoms with E-state index in [-0.39, 0.29) is 0 Å². The van der Waals surface area contributed by atoms with Crippen molar-refractivity contribution in [3.63, 3.8) is 0 Å². The minimum atomic E-state index is 0.319. The van der Waals surface area contributed by atoms with Crippen LogP contribution in [-0.4, -0.2) is 18.4 Å². The predicted molar refractivity (Wildman–Crippen MR) is 54.7 cm³/mol. The van der Waals surface area contributed by atoms with Crippen molar-refractivity contribution in [2.45, 2.75) is 45.1 Å². The quantitative estimate of drug-likeness (QED) is 0.609. The molecule has 0 bridgehead atoms. The van der Waals surface area contributed by atoms with Gasteiger partial charge in [-0.1, -0.05) is 19.1 Å². The first kappa shape index (κ1) is 10.5. The van der Waals surface area contributed by atoms with Crippen molar-refractivity contribution < 1.29 is 4.79 Å². The minimum absolute atomic E-state index is 0.319. The molecule has 1 fully saturated rings. The minimum Gasteiger partial charge on any atom is -0.314 e. The fourth-order valence-corrected chi connectivity index (χ4v) is 1.20. The van der Waals surface area contributed by atoms with Crippen molar-refractivity contribution in [2.24, 2.45) is 0 Å². The van der Waals surface area contributed by atoms with E-state index in [0.29, 0.717) is 24.7 Å². The van der Waals surface area contributed by atoms with Crippen molar-refractivity contribution in [3.05, 3.63) is 12.2 Å². The Labute approximate surface area is 80.4 Å². The highest BCUT2D eigenvalue weighted by Gasteiger charge is 2.19. The number of hydrogen-bond acceptors (Lipinski definition) is 2. The zero-order valence-electron chi connectivity index (χ0n) is 8.44. The van der Waals surface area contributed by atoms with Crippen molar-refractivity contribution in [1.82, 2.24) is 5.32 Å². The fraction of sp³-hybridized carbons (Fsp3) is 0.727. The van der Waals surface area contributed by atoms with Crippen molar-refractivity contribution in [3.8, 4) is 0 Å². The number of nitrogens with one attached hydrogen (secondary N) is 1. The number of hydrogen-bond donors (Lipinski definition) is 1. The Bertz CT molecular complexity index is 194. The van der Waals surface area contributed by atoms with E-state index >= 15 is 0 Å². The monoisotopic (exact) mass is 181 g/mol. The lowest BCUT2D eigenvalue weighted by atomic mass is 10.1. The second-order valence-electron chi connectivity index (χ2n) is 3.80. The molecule has 0 aromatic carbocycles. The van der Waals surface area contributed by atoms with Gasteiger partial charge in [-0.25, -0.2) is 0 Å². The fourth-order valence-electron chi connectivity index (χ4n) is 1.20. The van der Waals surface area contributed by atoms with E-state index in [1.54, 1.807) is 0 Å². The number of rotatable bonds is 7. The van der Waals surface area contributed by atoms with Crippen molar-refractivity contribution in [1.29, 1.82) is 0 Å². The van der Waals surface area contributed by atoms with Crippen LogP contribution in [0.1, 0.15) is 39.0 Å². The maximum Gasteiger partial charge on any atom is 0.138 e. The number of allylic oxidation sites excluding steroid dienone is 1. The first-order valence-electron chi connectivity index (χ1n) is 5.14. The highest BCUT2D eigenvalue weighted by atomic mass is 16.1. The largest absolute Gasteiger partial charge is 0.314 e. The first-order valence-corrected chi connectivity index (χ1v) is 5.14. The van der Waals surface area contributed by atoms with Gasteiger partial charge in [0.25, 0.3) is 0 Å². The summed E-state index contributed by atoms with van der Waals surface area (Å²) < 4.78 is 0. The second-order valence-corrected chi connectivity index (χ2v) is 3.80. The van der Waals surface area contributed by atoms with E-state index in [1.165, 1.54) is 12.8 Å². The maximum absolute atomic E-state index is 11.3. The molecule has 0 radical (unpaired) electrons. The molecule has 74 valence electrons. The van der Waals surface area contributed by atoms with Crippen LogP contribution in [0.3, 0.4) is 0 Å². The molecule has 1 aliphatic carbocycles. The lowest BCUT2D eigenvalue weighted by molar-refractivity contribution is -0.118. The molecule has 0 saturated heterocycles. The molecule has 0 unspecified atom stereocenters. The van der Waals surface area contributed by atoms with Gasteiger partial charge in [0, 0.05) is 25.4 Å². The Hall–Kier alpha value is -0.630. The third-order valence-electron chi connectivity index (χ3n) is 2.36. The summed E-state index contributed by atoms with van der Waals surface area (Å²) in [5, 5.41) is 3.33.